The highest BCUT2D eigenvalue weighted by atomic mass is 16.6. The maximum Gasteiger partial charge on any atom is 0.269 e. The Bertz CT molecular complexity index is 731. The lowest BCUT2D eigenvalue weighted by molar-refractivity contribution is -0.384. The van der Waals surface area contributed by atoms with Crippen molar-refractivity contribution < 1.29 is 9.72 Å². The molecule has 0 unspecified atom stereocenters. The van der Waals surface area contributed by atoms with E-state index >= 15 is 0 Å². The van der Waals surface area contributed by atoms with E-state index < -0.39 is 4.92 Å². The van der Waals surface area contributed by atoms with Crippen LogP contribution >= 0.6 is 0 Å². The Hall–Kier alpha value is -2.70. The second-order valence-corrected chi connectivity index (χ2v) is 6.39. The number of hydrogen-bond donors (Lipinski definition) is 2. The molecule has 7 heteroatoms. The highest BCUT2D eigenvalue weighted by Gasteiger charge is 2.22. The van der Waals surface area contributed by atoms with Crippen LogP contribution in [0.4, 0.5) is 5.69 Å². The lowest BCUT2D eigenvalue weighted by Gasteiger charge is -2.26. The van der Waals surface area contributed by atoms with E-state index in [0.29, 0.717) is 16.8 Å². The topological polar surface area (TPSA) is 101 Å². The third kappa shape index (κ3) is 3.45. The van der Waals surface area contributed by atoms with E-state index in [9.17, 15) is 14.9 Å². The van der Waals surface area contributed by atoms with Gasteiger partial charge in [-0.15, -0.1) is 0 Å². The summed E-state index contributed by atoms with van der Waals surface area (Å²) >= 11 is 0. The number of nitrogens with one attached hydrogen (secondary N) is 2. The summed E-state index contributed by atoms with van der Waals surface area (Å²) in [6.07, 6.45) is 5.75. The molecule has 0 aliphatic heterocycles. The summed E-state index contributed by atoms with van der Waals surface area (Å²) < 4.78 is 0. The van der Waals surface area contributed by atoms with Crippen molar-refractivity contribution in [1.82, 2.24) is 15.5 Å². The molecule has 1 fully saturated rings. The van der Waals surface area contributed by atoms with Crippen LogP contribution < -0.4 is 5.32 Å². The average molecular weight is 328 g/mol. The van der Waals surface area contributed by atoms with Crippen LogP contribution in [0.15, 0.2) is 30.5 Å². The molecule has 0 saturated heterocycles. The Labute approximate surface area is 139 Å². The largest absolute Gasteiger partial charge is 0.349 e. The van der Waals surface area contributed by atoms with E-state index in [0.717, 1.165) is 31.6 Å². The molecule has 0 spiro atoms. The molecule has 126 valence electrons. The molecule has 1 aliphatic carbocycles. The van der Waals surface area contributed by atoms with Crippen molar-refractivity contribution in [2.45, 2.75) is 38.6 Å². The van der Waals surface area contributed by atoms with Crippen molar-refractivity contribution in [2.24, 2.45) is 5.92 Å². The molecule has 1 amide bonds. The van der Waals surface area contributed by atoms with Gasteiger partial charge in [0.15, 0.2) is 0 Å². The summed E-state index contributed by atoms with van der Waals surface area (Å²) in [6, 6.07) is 6.27. The van der Waals surface area contributed by atoms with Gasteiger partial charge in [-0.25, -0.2) is 0 Å². The number of hydrogen-bond acceptors (Lipinski definition) is 4. The van der Waals surface area contributed by atoms with Gasteiger partial charge in [0.2, 0.25) is 0 Å². The van der Waals surface area contributed by atoms with Gasteiger partial charge < -0.3 is 5.32 Å². The zero-order valence-electron chi connectivity index (χ0n) is 13.5. The fourth-order valence-electron chi connectivity index (χ4n) is 3.10. The SMILES string of the molecule is CC1CCC(NC(=O)c2cn[nH]c2-c2ccc([N+](=O)[O-])cc2)CC1. The maximum atomic E-state index is 12.5. The van der Waals surface area contributed by atoms with Gasteiger partial charge in [-0.3, -0.25) is 20.0 Å². The third-order valence-corrected chi connectivity index (χ3v) is 4.60. The van der Waals surface area contributed by atoms with Crippen molar-refractivity contribution in [3.05, 3.63) is 46.1 Å². The number of nitrogens with zero attached hydrogens (tertiary/aromatic N) is 2. The molecule has 1 saturated carbocycles. The number of carbonyl (C=O) groups excluding carboxylic acids is 1. The number of nitro benzene ring substituents is 1. The Kier molecular flexibility index (Phi) is 4.59. The fraction of sp³-hybridized carbons (Fsp3) is 0.412. The van der Waals surface area contributed by atoms with Crippen LogP contribution in [-0.2, 0) is 0 Å². The van der Waals surface area contributed by atoms with E-state index in [1.165, 1.54) is 18.3 Å². The molecule has 1 heterocycles. The second kappa shape index (κ2) is 6.82. The Morgan fingerprint density at radius 2 is 1.92 bits per heavy atom. The minimum absolute atomic E-state index is 0.0144. The molecule has 0 atom stereocenters. The normalized spacial score (nSPS) is 20.5. The van der Waals surface area contributed by atoms with Crippen molar-refractivity contribution in [3.63, 3.8) is 0 Å². The Balaban J connectivity index is 1.74. The number of aromatic amines is 1. The molecule has 7 nitrogen and oxygen atoms in total. The van der Waals surface area contributed by atoms with Gasteiger partial charge in [-0.2, -0.15) is 5.10 Å². The van der Waals surface area contributed by atoms with Crippen molar-refractivity contribution in [2.75, 3.05) is 0 Å². The van der Waals surface area contributed by atoms with Gasteiger partial charge in [0, 0.05) is 23.7 Å². The first-order chi connectivity index (χ1) is 11.5. The predicted molar refractivity (Wildman–Crippen MR) is 89.6 cm³/mol. The molecule has 1 aromatic heterocycles. The summed E-state index contributed by atoms with van der Waals surface area (Å²) in [5, 5.41) is 20.6. The molecule has 3 rings (SSSR count). The highest BCUT2D eigenvalue weighted by Crippen LogP contribution is 2.26. The van der Waals surface area contributed by atoms with Gasteiger partial charge in [0.25, 0.3) is 11.6 Å². The minimum atomic E-state index is -0.450. The van der Waals surface area contributed by atoms with Crippen molar-refractivity contribution in [1.29, 1.82) is 0 Å². The lowest BCUT2D eigenvalue weighted by Crippen LogP contribution is -2.37. The average Bonchev–Trinajstić information content (AvgIpc) is 3.07. The number of non-ortho nitro benzene ring substituents is 1. The summed E-state index contributed by atoms with van der Waals surface area (Å²) in [4.78, 5) is 22.8. The molecular weight excluding hydrogens is 308 g/mol. The molecule has 2 N–H and O–H groups in total. The van der Waals surface area contributed by atoms with Gasteiger partial charge in [0.1, 0.15) is 0 Å². The standard InChI is InChI=1S/C17H20N4O3/c1-11-2-6-13(7-3-11)19-17(22)15-10-18-20-16(15)12-4-8-14(9-5-12)21(23)24/h4-5,8-11,13H,2-3,6-7H2,1H3,(H,18,20)(H,19,22). The molecule has 1 aliphatic rings. The van der Waals surface area contributed by atoms with Crippen LogP contribution in [0.1, 0.15) is 43.0 Å². The van der Waals surface area contributed by atoms with E-state index in [2.05, 4.69) is 22.4 Å². The van der Waals surface area contributed by atoms with Crippen LogP contribution in [0.5, 0.6) is 0 Å². The van der Waals surface area contributed by atoms with Gasteiger partial charge in [-0.05, 0) is 43.7 Å². The lowest BCUT2D eigenvalue weighted by atomic mass is 9.87. The van der Waals surface area contributed by atoms with E-state index in [4.69, 9.17) is 0 Å². The zero-order valence-corrected chi connectivity index (χ0v) is 13.5. The van der Waals surface area contributed by atoms with Crippen LogP contribution in [0.3, 0.4) is 0 Å². The van der Waals surface area contributed by atoms with Crippen LogP contribution in [0.25, 0.3) is 11.3 Å². The zero-order chi connectivity index (χ0) is 17.1. The highest BCUT2D eigenvalue weighted by molar-refractivity contribution is 5.99. The van der Waals surface area contributed by atoms with Crippen LogP contribution in [0, 0.1) is 16.0 Å². The molecule has 0 radical (unpaired) electrons. The summed E-state index contributed by atoms with van der Waals surface area (Å²) in [7, 11) is 0. The number of benzene rings is 1. The fourth-order valence-corrected chi connectivity index (χ4v) is 3.10. The number of aromatic nitrogens is 2. The minimum Gasteiger partial charge on any atom is -0.349 e. The quantitative estimate of drug-likeness (QED) is 0.664. The number of amides is 1. The molecule has 2 aromatic rings. The first-order valence-electron chi connectivity index (χ1n) is 8.13. The maximum absolute atomic E-state index is 12.5. The predicted octanol–water partition coefficient (Wildman–Crippen LogP) is 3.29. The Morgan fingerprint density at radius 3 is 2.54 bits per heavy atom. The first kappa shape index (κ1) is 16.2. The smallest absolute Gasteiger partial charge is 0.269 e. The molecule has 24 heavy (non-hydrogen) atoms. The molecule has 1 aromatic carbocycles. The summed E-state index contributed by atoms with van der Waals surface area (Å²) in [5.41, 5.74) is 1.75. The third-order valence-electron chi connectivity index (χ3n) is 4.60. The molecule has 0 bridgehead atoms. The van der Waals surface area contributed by atoms with E-state index in [-0.39, 0.29) is 17.6 Å². The van der Waals surface area contributed by atoms with E-state index in [1.807, 2.05) is 0 Å². The Morgan fingerprint density at radius 1 is 1.25 bits per heavy atom. The van der Waals surface area contributed by atoms with Crippen LogP contribution in [0.2, 0.25) is 0 Å². The monoisotopic (exact) mass is 328 g/mol. The number of nitro groups is 1. The molecular formula is C17H20N4O3. The summed E-state index contributed by atoms with van der Waals surface area (Å²) in [6.45, 7) is 2.24. The van der Waals surface area contributed by atoms with Crippen molar-refractivity contribution in [3.8, 4) is 11.3 Å². The second-order valence-electron chi connectivity index (χ2n) is 6.39. The number of rotatable bonds is 4. The summed E-state index contributed by atoms with van der Waals surface area (Å²) in [5.74, 6) is 0.569. The van der Waals surface area contributed by atoms with Crippen LogP contribution in [-0.4, -0.2) is 27.1 Å². The van der Waals surface area contributed by atoms with Gasteiger partial charge in [0.05, 0.1) is 22.4 Å². The number of H-pyrrole nitrogens is 1. The van der Waals surface area contributed by atoms with Gasteiger partial charge >= 0.3 is 0 Å². The van der Waals surface area contributed by atoms with Crippen molar-refractivity contribution >= 4 is 11.6 Å². The van der Waals surface area contributed by atoms with Gasteiger partial charge in [-0.1, -0.05) is 6.92 Å². The number of carbonyl (C=O) groups is 1. The first-order valence-corrected chi connectivity index (χ1v) is 8.13. The van der Waals surface area contributed by atoms with E-state index in [1.54, 1.807) is 12.1 Å².